The van der Waals surface area contributed by atoms with E-state index in [0.717, 1.165) is 40.8 Å². The Labute approximate surface area is 316 Å². The van der Waals surface area contributed by atoms with Gasteiger partial charge in [-0.05, 0) is 66.7 Å². The van der Waals surface area contributed by atoms with Crippen molar-refractivity contribution >= 4 is 29.9 Å². The van der Waals surface area contributed by atoms with E-state index in [4.69, 9.17) is 9.47 Å². The van der Waals surface area contributed by atoms with Gasteiger partial charge in [0.2, 0.25) is 17.7 Å². The van der Waals surface area contributed by atoms with Gasteiger partial charge in [-0.3, -0.25) is 14.4 Å². The van der Waals surface area contributed by atoms with E-state index in [2.05, 4.69) is 25.9 Å². The van der Waals surface area contributed by atoms with E-state index in [0.29, 0.717) is 31.8 Å². The van der Waals surface area contributed by atoms with Crippen molar-refractivity contribution in [2.24, 2.45) is 11.8 Å². The molecule has 14 nitrogen and oxygen atoms in total. The lowest BCUT2D eigenvalue weighted by Crippen LogP contribution is -2.55. The van der Waals surface area contributed by atoms with E-state index >= 15 is 0 Å². The highest BCUT2D eigenvalue weighted by molar-refractivity contribution is 5.92. The molecule has 2 aliphatic rings. The monoisotopic (exact) mass is 743 g/mol. The van der Waals surface area contributed by atoms with Crippen molar-refractivity contribution in [3.8, 4) is 22.4 Å². The van der Waals surface area contributed by atoms with Crippen LogP contribution in [0.25, 0.3) is 22.4 Å². The Balaban J connectivity index is 1.20. The van der Waals surface area contributed by atoms with Gasteiger partial charge >= 0.3 is 12.2 Å². The molecule has 290 valence electrons. The molecular weight excluding hydrogens is 690 g/mol. The fourth-order valence-electron chi connectivity index (χ4n) is 7.23. The predicted molar refractivity (Wildman–Crippen MR) is 203 cm³/mol. The average molecular weight is 744 g/mol. The molecule has 1 aromatic heterocycles. The van der Waals surface area contributed by atoms with Gasteiger partial charge < -0.3 is 40.2 Å². The minimum Gasteiger partial charge on any atom is -0.453 e. The summed E-state index contributed by atoms with van der Waals surface area (Å²) in [6.45, 7) is 10.4. The van der Waals surface area contributed by atoms with Gasteiger partial charge in [0.25, 0.3) is 0 Å². The molecule has 0 spiro atoms. The first kappa shape index (κ1) is 39.8. The van der Waals surface area contributed by atoms with Crippen molar-refractivity contribution in [2.45, 2.75) is 90.5 Å². The van der Waals surface area contributed by atoms with Crippen LogP contribution in [0.4, 0.5) is 9.59 Å². The van der Waals surface area contributed by atoms with Gasteiger partial charge in [-0.2, -0.15) is 0 Å². The highest BCUT2D eigenvalue weighted by Crippen LogP contribution is 2.33. The summed E-state index contributed by atoms with van der Waals surface area (Å²) in [7, 11) is 2.53. The molecule has 2 aromatic carbocycles. The number of carbonyl (C=O) groups is 5. The van der Waals surface area contributed by atoms with Crippen LogP contribution in [0.15, 0.2) is 54.7 Å². The molecule has 0 aliphatic carbocycles. The molecule has 2 aliphatic heterocycles. The molecule has 2 saturated heterocycles. The molecule has 0 saturated carbocycles. The lowest BCUT2D eigenvalue weighted by molar-refractivity contribution is -0.141. The summed E-state index contributed by atoms with van der Waals surface area (Å²) in [6.07, 6.45) is 3.33. The number of rotatable bonds is 12. The number of benzene rings is 2. The molecule has 14 heteroatoms. The van der Waals surface area contributed by atoms with Gasteiger partial charge in [0.15, 0.2) is 0 Å². The average Bonchev–Trinajstić information content (AvgIpc) is 3.97. The third kappa shape index (κ3) is 9.03. The van der Waals surface area contributed by atoms with Gasteiger partial charge in [0, 0.05) is 13.1 Å². The van der Waals surface area contributed by atoms with Gasteiger partial charge in [0.1, 0.15) is 23.9 Å². The van der Waals surface area contributed by atoms with Crippen molar-refractivity contribution < 1.29 is 33.4 Å². The molecule has 54 heavy (non-hydrogen) atoms. The second-order valence-corrected chi connectivity index (χ2v) is 14.7. The number of methoxy groups -OCH3 is 2. The number of nitrogens with one attached hydrogen (secondary N) is 4. The fraction of sp³-hybridized carbons (Fsp3) is 0.500. The summed E-state index contributed by atoms with van der Waals surface area (Å²) in [6, 6.07) is 13.5. The number of hydrogen-bond acceptors (Lipinski definition) is 8. The predicted octanol–water partition coefficient (Wildman–Crippen LogP) is 5.34. The van der Waals surface area contributed by atoms with Crippen LogP contribution in [0.1, 0.15) is 83.8 Å². The van der Waals surface area contributed by atoms with E-state index in [1.54, 1.807) is 16.0 Å². The van der Waals surface area contributed by atoms with Crippen LogP contribution in [0.2, 0.25) is 0 Å². The van der Waals surface area contributed by atoms with E-state index < -0.39 is 30.3 Å². The van der Waals surface area contributed by atoms with Crippen molar-refractivity contribution in [1.29, 1.82) is 0 Å². The molecule has 2 fully saturated rings. The summed E-state index contributed by atoms with van der Waals surface area (Å²) < 4.78 is 9.44. The van der Waals surface area contributed by atoms with E-state index in [9.17, 15) is 24.0 Å². The Bertz CT molecular complexity index is 1790. The number of alkyl carbamates (subject to hydrolysis) is 2. The van der Waals surface area contributed by atoms with Crippen molar-refractivity contribution in [3.63, 3.8) is 0 Å². The largest absolute Gasteiger partial charge is 0.453 e. The van der Waals surface area contributed by atoms with Gasteiger partial charge in [-0.15, -0.1) is 0 Å². The maximum atomic E-state index is 13.5. The van der Waals surface area contributed by atoms with Crippen LogP contribution in [-0.4, -0.2) is 95.1 Å². The standard InChI is InChI=1S/C40H53N7O7/c1-23(2)33(44-39(51)53-6)37(49)46-20-8-10-31(46)35-41-22-30(43-35)29-18-16-28(17-19-29)27-14-12-26(13-15-27)25(5)42-36(48)32-11-9-21-47(32)38(50)34(24(3)4)45-40(52)54-7/h12-19,22-25,31-34H,8-11,20-21H2,1-7H3,(H,41,43)(H,42,48)(H,44,51)(H,45,52)/t25-,31+,32+,33+,34+/m1/s1. The minimum absolute atomic E-state index is 0.113. The summed E-state index contributed by atoms with van der Waals surface area (Å²) in [4.78, 5) is 75.5. The first-order valence-corrected chi connectivity index (χ1v) is 18.7. The first-order chi connectivity index (χ1) is 25.8. The molecule has 3 heterocycles. The van der Waals surface area contributed by atoms with Crippen molar-refractivity contribution in [1.82, 2.24) is 35.7 Å². The lowest BCUT2D eigenvalue weighted by Gasteiger charge is -2.30. The Kier molecular flexibility index (Phi) is 13.0. The summed E-state index contributed by atoms with van der Waals surface area (Å²) in [5.74, 6) is -0.247. The Morgan fingerprint density at radius 3 is 1.76 bits per heavy atom. The topological polar surface area (TPSA) is 175 Å². The van der Waals surface area contributed by atoms with Crippen LogP contribution in [0, 0.1) is 11.8 Å². The first-order valence-electron chi connectivity index (χ1n) is 18.7. The smallest absolute Gasteiger partial charge is 0.407 e. The van der Waals surface area contributed by atoms with E-state index in [-0.39, 0.29) is 41.6 Å². The van der Waals surface area contributed by atoms with Gasteiger partial charge in [-0.25, -0.2) is 14.6 Å². The van der Waals surface area contributed by atoms with Crippen LogP contribution in [0.5, 0.6) is 0 Å². The zero-order valence-electron chi connectivity index (χ0n) is 32.2. The fourth-order valence-corrected chi connectivity index (χ4v) is 7.23. The molecule has 0 radical (unpaired) electrons. The summed E-state index contributed by atoms with van der Waals surface area (Å²) in [5.41, 5.74) is 4.75. The summed E-state index contributed by atoms with van der Waals surface area (Å²) >= 11 is 0. The number of H-pyrrole nitrogens is 1. The number of aromatic nitrogens is 2. The number of amides is 5. The minimum atomic E-state index is -0.788. The third-order valence-electron chi connectivity index (χ3n) is 10.4. The normalized spacial score (nSPS) is 18.6. The number of likely N-dealkylation sites (tertiary alicyclic amines) is 2. The van der Waals surface area contributed by atoms with Gasteiger partial charge in [-0.1, -0.05) is 76.2 Å². The lowest BCUT2D eigenvalue weighted by atomic mass is 9.99. The Hall–Kier alpha value is -5.40. The SMILES string of the molecule is COC(=O)N[C@H](C(=O)N1CCC[C@H]1C(=O)N[C@H](C)c1ccc(-c2ccc(-c3cnc([C@@H]4CCCN4C(=O)[C@@H](NC(=O)OC)C(C)C)[nH]3)cc2)cc1)C(C)C. The third-order valence-corrected chi connectivity index (χ3v) is 10.4. The maximum Gasteiger partial charge on any atom is 0.407 e. The quantitative estimate of drug-likeness (QED) is 0.192. The highest BCUT2D eigenvalue weighted by Gasteiger charge is 2.40. The number of hydrogen-bond donors (Lipinski definition) is 4. The van der Waals surface area contributed by atoms with Crippen LogP contribution >= 0.6 is 0 Å². The zero-order chi connectivity index (χ0) is 39.1. The molecule has 5 rings (SSSR count). The maximum absolute atomic E-state index is 13.5. The van der Waals surface area contributed by atoms with E-state index in [1.807, 2.05) is 83.1 Å². The van der Waals surface area contributed by atoms with Crippen LogP contribution in [-0.2, 0) is 23.9 Å². The molecule has 5 amide bonds. The van der Waals surface area contributed by atoms with E-state index in [1.165, 1.54) is 14.2 Å². The number of nitrogens with zero attached hydrogens (tertiary/aromatic N) is 3. The molecular formula is C40H53N7O7. The molecule has 0 unspecified atom stereocenters. The summed E-state index contributed by atoms with van der Waals surface area (Å²) in [5, 5.41) is 8.38. The molecule has 4 N–H and O–H groups in total. The zero-order valence-corrected chi connectivity index (χ0v) is 32.2. The second kappa shape index (κ2) is 17.6. The second-order valence-electron chi connectivity index (χ2n) is 14.7. The molecule has 5 atom stereocenters. The van der Waals surface area contributed by atoms with Crippen molar-refractivity contribution in [2.75, 3.05) is 27.3 Å². The van der Waals surface area contributed by atoms with Crippen LogP contribution < -0.4 is 16.0 Å². The van der Waals surface area contributed by atoms with Crippen molar-refractivity contribution in [3.05, 3.63) is 66.1 Å². The Morgan fingerprint density at radius 1 is 0.704 bits per heavy atom. The van der Waals surface area contributed by atoms with Crippen LogP contribution in [0.3, 0.4) is 0 Å². The molecule has 0 bridgehead atoms. The number of carbonyl (C=O) groups excluding carboxylic acids is 5. The molecule has 3 aromatic rings. The Morgan fingerprint density at radius 2 is 1.20 bits per heavy atom. The highest BCUT2D eigenvalue weighted by atomic mass is 16.5. The number of aromatic amines is 1. The number of imidazole rings is 1. The van der Waals surface area contributed by atoms with Gasteiger partial charge in [0.05, 0.1) is 38.2 Å². The number of ether oxygens (including phenoxy) is 2.